The number of hydrogen-bond acceptors (Lipinski definition) is 3. The number of hydrogen-bond donors (Lipinski definition) is 0. The second-order valence-corrected chi connectivity index (χ2v) is 10.2. The molecule has 0 unspecified atom stereocenters. The molecule has 2 amide bonds. The van der Waals surface area contributed by atoms with E-state index in [1.807, 2.05) is 18.7 Å². The molecule has 1 aromatic carbocycles. The minimum atomic E-state index is -0.0903. The molecule has 1 aliphatic heterocycles. The van der Waals surface area contributed by atoms with Gasteiger partial charge in [0.05, 0.1) is 12.6 Å². The summed E-state index contributed by atoms with van der Waals surface area (Å²) in [6.45, 7) is 12.9. The summed E-state index contributed by atoms with van der Waals surface area (Å²) in [6.07, 6.45) is 0.872. The van der Waals surface area contributed by atoms with E-state index in [2.05, 4.69) is 56.5 Å². The van der Waals surface area contributed by atoms with E-state index in [1.54, 1.807) is 16.2 Å². The van der Waals surface area contributed by atoms with Gasteiger partial charge < -0.3 is 9.80 Å². The lowest BCUT2D eigenvalue weighted by Gasteiger charge is -2.38. The number of benzene rings is 1. The van der Waals surface area contributed by atoms with Gasteiger partial charge in [-0.3, -0.25) is 9.59 Å². The Hall–Kier alpha value is -2.14. The molecule has 0 spiro atoms. The predicted molar refractivity (Wildman–Crippen MR) is 119 cm³/mol. The van der Waals surface area contributed by atoms with Crippen molar-refractivity contribution in [1.29, 1.82) is 0 Å². The zero-order valence-electron chi connectivity index (χ0n) is 18.4. The first-order valence-electron chi connectivity index (χ1n) is 10.3. The Morgan fingerprint density at radius 2 is 1.83 bits per heavy atom. The molecule has 1 atom stereocenters. The van der Waals surface area contributed by atoms with Crippen LogP contribution < -0.4 is 0 Å². The summed E-state index contributed by atoms with van der Waals surface area (Å²) in [6, 6.07) is 10.7. The molecule has 0 N–H and O–H groups in total. The van der Waals surface area contributed by atoms with Gasteiger partial charge in [-0.1, -0.05) is 45.0 Å². The standard InChI is InChI=1S/C24H32N2O2S/c1-16(2)26(17(3)27)15-22(28)25-13-11-21-20(12-14-29-21)23(25)18-7-9-19(10-8-18)24(4,5)6/h7-10,12,14,16,23H,11,13,15H2,1-6H3/t23-/m1/s1. The monoisotopic (exact) mass is 412 g/mol. The van der Waals surface area contributed by atoms with E-state index in [4.69, 9.17) is 0 Å². The molecule has 0 bridgehead atoms. The molecular weight excluding hydrogens is 380 g/mol. The largest absolute Gasteiger partial charge is 0.331 e. The molecule has 0 radical (unpaired) electrons. The Bertz CT molecular complexity index is 877. The number of carbonyl (C=O) groups excluding carboxylic acids is 2. The van der Waals surface area contributed by atoms with Crippen LogP contribution in [0.3, 0.4) is 0 Å². The fourth-order valence-corrected chi connectivity index (χ4v) is 4.91. The van der Waals surface area contributed by atoms with Gasteiger partial charge >= 0.3 is 0 Å². The van der Waals surface area contributed by atoms with Gasteiger partial charge in [0.1, 0.15) is 0 Å². The van der Waals surface area contributed by atoms with Gasteiger partial charge in [-0.05, 0) is 53.8 Å². The molecule has 5 heteroatoms. The van der Waals surface area contributed by atoms with Crippen molar-refractivity contribution in [1.82, 2.24) is 9.80 Å². The van der Waals surface area contributed by atoms with Crippen molar-refractivity contribution in [2.45, 2.75) is 65.5 Å². The maximum absolute atomic E-state index is 13.3. The quantitative estimate of drug-likeness (QED) is 0.725. The molecule has 0 fully saturated rings. The van der Waals surface area contributed by atoms with Crippen LogP contribution in [0.4, 0.5) is 0 Å². The maximum atomic E-state index is 13.3. The summed E-state index contributed by atoms with van der Waals surface area (Å²) in [5.74, 6) is -0.0525. The van der Waals surface area contributed by atoms with Crippen LogP contribution in [-0.2, 0) is 21.4 Å². The second kappa shape index (κ2) is 8.31. The first-order valence-corrected chi connectivity index (χ1v) is 11.2. The third kappa shape index (κ3) is 4.55. The molecule has 2 heterocycles. The van der Waals surface area contributed by atoms with E-state index in [1.165, 1.54) is 22.9 Å². The molecule has 1 aromatic heterocycles. The van der Waals surface area contributed by atoms with Crippen LogP contribution in [0.15, 0.2) is 35.7 Å². The summed E-state index contributed by atoms with van der Waals surface area (Å²) in [4.78, 5) is 30.2. The third-order valence-corrected chi connectivity index (χ3v) is 6.71. The molecule has 0 saturated heterocycles. The number of thiophene rings is 1. The van der Waals surface area contributed by atoms with E-state index in [0.29, 0.717) is 6.54 Å². The van der Waals surface area contributed by atoms with Crippen LogP contribution in [0.25, 0.3) is 0 Å². The first-order chi connectivity index (χ1) is 13.6. The molecular formula is C24H32N2O2S. The highest BCUT2D eigenvalue weighted by atomic mass is 32.1. The Kier molecular flexibility index (Phi) is 6.18. The Morgan fingerprint density at radius 1 is 1.17 bits per heavy atom. The lowest BCUT2D eigenvalue weighted by atomic mass is 9.85. The van der Waals surface area contributed by atoms with E-state index in [9.17, 15) is 9.59 Å². The van der Waals surface area contributed by atoms with Crippen molar-refractivity contribution in [2.75, 3.05) is 13.1 Å². The number of rotatable bonds is 4. The Labute approximate surface area is 178 Å². The predicted octanol–water partition coefficient (Wildman–Crippen LogP) is 4.78. The molecule has 0 aliphatic carbocycles. The van der Waals surface area contributed by atoms with E-state index in [-0.39, 0.29) is 35.9 Å². The van der Waals surface area contributed by atoms with Crippen molar-refractivity contribution in [3.63, 3.8) is 0 Å². The van der Waals surface area contributed by atoms with Crippen molar-refractivity contribution in [2.24, 2.45) is 0 Å². The van der Waals surface area contributed by atoms with Crippen LogP contribution in [0.5, 0.6) is 0 Å². The van der Waals surface area contributed by atoms with Crippen molar-refractivity contribution in [3.05, 3.63) is 57.3 Å². The van der Waals surface area contributed by atoms with Crippen LogP contribution in [-0.4, -0.2) is 40.7 Å². The summed E-state index contributed by atoms with van der Waals surface area (Å²) < 4.78 is 0. The van der Waals surface area contributed by atoms with Crippen LogP contribution >= 0.6 is 11.3 Å². The average Bonchev–Trinajstić information content (AvgIpc) is 3.12. The lowest BCUT2D eigenvalue weighted by Crippen LogP contribution is -2.48. The Balaban J connectivity index is 1.94. The minimum absolute atomic E-state index is 0.00229. The molecule has 29 heavy (non-hydrogen) atoms. The third-order valence-electron chi connectivity index (χ3n) is 5.71. The minimum Gasteiger partial charge on any atom is -0.331 e. The zero-order chi connectivity index (χ0) is 21.3. The van der Waals surface area contributed by atoms with Crippen molar-refractivity contribution >= 4 is 23.2 Å². The molecule has 1 aliphatic rings. The first kappa shape index (κ1) is 21.6. The fraction of sp³-hybridized carbons (Fsp3) is 0.500. The van der Waals surface area contributed by atoms with Crippen LogP contribution in [0.2, 0.25) is 0 Å². The van der Waals surface area contributed by atoms with Crippen molar-refractivity contribution < 1.29 is 9.59 Å². The molecule has 4 nitrogen and oxygen atoms in total. The van der Waals surface area contributed by atoms with Gasteiger partial charge in [-0.15, -0.1) is 11.3 Å². The normalized spacial score (nSPS) is 16.7. The summed E-state index contributed by atoms with van der Waals surface area (Å²) in [5, 5.41) is 2.12. The highest BCUT2D eigenvalue weighted by molar-refractivity contribution is 7.10. The molecule has 3 rings (SSSR count). The zero-order valence-corrected chi connectivity index (χ0v) is 19.2. The smallest absolute Gasteiger partial charge is 0.243 e. The average molecular weight is 413 g/mol. The van der Waals surface area contributed by atoms with Gasteiger partial charge in [0, 0.05) is 24.4 Å². The highest BCUT2D eigenvalue weighted by Crippen LogP contribution is 2.38. The second-order valence-electron chi connectivity index (χ2n) is 9.15. The van der Waals surface area contributed by atoms with Crippen LogP contribution in [0.1, 0.15) is 69.2 Å². The van der Waals surface area contributed by atoms with E-state index < -0.39 is 0 Å². The van der Waals surface area contributed by atoms with Crippen molar-refractivity contribution in [3.8, 4) is 0 Å². The molecule has 0 saturated carbocycles. The SMILES string of the molecule is CC(=O)N(CC(=O)N1CCc2sccc2[C@H]1c1ccc(C(C)(C)C)cc1)C(C)C. The van der Waals surface area contributed by atoms with Gasteiger partial charge in [0.15, 0.2) is 0 Å². The highest BCUT2D eigenvalue weighted by Gasteiger charge is 2.34. The number of fused-ring (bicyclic) bond motifs is 1. The van der Waals surface area contributed by atoms with Gasteiger partial charge in [0.2, 0.25) is 11.8 Å². The number of carbonyl (C=O) groups is 2. The maximum Gasteiger partial charge on any atom is 0.243 e. The van der Waals surface area contributed by atoms with Crippen LogP contribution in [0, 0.1) is 0 Å². The van der Waals surface area contributed by atoms with Gasteiger partial charge in [-0.25, -0.2) is 0 Å². The summed E-state index contributed by atoms with van der Waals surface area (Å²) in [7, 11) is 0. The van der Waals surface area contributed by atoms with Gasteiger partial charge in [-0.2, -0.15) is 0 Å². The Morgan fingerprint density at radius 3 is 2.38 bits per heavy atom. The molecule has 2 aromatic rings. The fourth-order valence-electron chi connectivity index (χ4n) is 4.00. The van der Waals surface area contributed by atoms with E-state index in [0.717, 1.165) is 12.0 Å². The van der Waals surface area contributed by atoms with E-state index >= 15 is 0 Å². The van der Waals surface area contributed by atoms with Gasteiger partial charge in [0.25, 0.3) is 0 Å². The number of amides is 2. The summed E-state index contributed by atoms with van der Waals surface area (Å²) in [5.41, 5.74) is 3.72. The summed E-state index contributed by atoms with van der Waals surface area (Å²) >= 11 is 1.77. The number of nitrogens with zero attached hydrogens (tertiary/aromatic N) is 2. The molecule has 156 valence electrons. The lowest BCUT2D eigenvalue weighted by molar-refractivity contribution is -0.142. The topological polar surface area (TPSA) is 40.6 Å².